The molecule has 0 saturated heterocycles. The number of aromatic nitrogens is 4. The average molecular weight is 408 g/mol. The van der Waals surface area contributed by atoms with Crippen molar-refractivity contribution in [2.45, 2.75) is 39.8 Å². The van der Waals surface area contributed by atoms with Crippen LogP contribution in [0.2, 0.25) is 0 Å². The van der Waals surface area contributed by atoms with Crippen LogP contribution in [-0.2, 0) is 23.2 Å². The number of carbonyl (C=O) groups excluding carboxylic acids is 1. The summed E-state index contributed by atoms with van der Waals surface area (Å²) in [5.41, 5.74) is 3.70. The Bertz CT molecular complexity index is 1190. The van der Waals surface area contributed by atoms with Gasteiger partial charge in [0.05, 0.1) is 22.8 Å². The van der Waals surface area contributed by atoms with Gasteiger partial charge >= 0.3 is 0 Å². The summed E-state index contributed by atoms with van der Waals surface area (Å²) in [7, 11) is 1.78. The van der Waals surface area contributed by atoms with Gasteiger partial charge in [0.1, 0.15) is 5.69 Å². The molecule has 2 aromatic heterocycles. The van der Waals surface area contributed by atoms with Crippen LogP contribution in [0.15, 0.2) is 46.5 Å². The lowest BCUT2D eigenvalue weighted by Crippen LogP contribution is -2.30. The van der Waals surface area contributed by atoms with Crippen LogP contribution in [0.3, 0.4) is 0 Å². The number of oxime groups is 1. The van der Waals surface area contributed by atoms with Crippen LogP contribution in [0.4, 0.5) is 5.69 Å². The lowest BCUT2D eigenvalue weighted by Gasteiger charge is -2.08. The van der Waals surface area contributed by atoms with Crippen LogP contribution in [-0.4, -0.2) is 36.9 Å². The molecule has 1 aliphatic heterocycles. The lowest BCUT2D eigenvalue weighted by molar-refractivity contribution is -0.125. The molecule has 0 fully saturated rings. The molecule has 0 bridgehead atoms. The van der Waals surface area contributed by atoms with Crippen LogP contribution in [0.25, 0.3) is 5.69 Å². The van der Waals surface area contributed by atoms with E-state index in [-0.39, 0.29) is 11.2 Å². The zero-order chi connectivity index (χ0) is 21.4. The van der Waals surface area contributed by atoms with E-state index >= 15 is 0 Å². The first-order chi connectivity index (χ1) is 14.4. The van der Waals surface area contributed by atoms with Gasteiger partial charge in [0, 0.05) is 31.8 Å². The first-order valence-electron chi connectivity index (χ1n) is 9.82. The predicted octanol–water partition coefficient (Wildman–Crippen LogP) is 2.14. The van der Waals surface area contributed by atoms with E-state index in [9.17, 15) is 9.59 Å². The van der Waals surface area contributed by atoms with E-state index in [2.05, 4.69) is 15.6 Å². The minimum Gasteiger partial charge on any atom is -0.382 e. The number of aryl methyl sites for hydroxylation is 2. The van der Waals surface area contributed by atoms with Crippen molar-refractivity contribution in [3.63, 3.8) is 0 Å². The van der Waals surface area contributed by atoms with Gasteiger partial charge < -0.3 is 10.2 Å². The van der Waals surface area contributed by atoms with Gasteiger partial charge in [-0.05, 0) is 32.9 Å². The molecule has 1 aromatic carbocycles. The Morgan fingerprint density at radius 2 is 2.00 bits per heavy atom. The molecule has 0 spiro atoms. The lowest BCUT2D eigenvalue weighted by atomic mass is 10.1. The van der Waals surface area contributed by atoms with Crippen LogP contribution in [0.1, 0.15) is 30.3 Å². The number of rotatable bonds is 5. The topological polar surface area (TPSA) is 95.4 Å². The molecule has 4 rings (SSSR count). The summed E-state index contributed by atoms with van der Waals surface area (Å²) in [5, 5.41) is 11.2. The van der Waals surface area contributed by atoms with Gasteiger partial charge in [-0.1, -0.05) is 23.4 Å². The maximum absolute atomic E-state index is 13.0. The molecule has 9 nitrogen and oxygen atoms in total. The van der Waals surface area contributed by atoms with Crippen LogP contribution >= 0.6 is 0 Å². The molecule has 1 atom stereocenters. The molecule has 3 aromatic rings. The van der Waals surface area contributed by atoms with Crippen molar-refractivity contribution in [3.8, 4) is 5.69 Å². The second kappa shape index (κ2) is 7.66. The number of amides is 1. The Morgan fingerprint density at radius 1 is 1.27 bits per heavy atom. The minimum absolute atomic E-state index is 0.235. The summed E-state index contributed by atoms with van der Waals surface area (Å²) in [6.07, 6.45) is 1.42. The van der Waals surface area contributed by atoms with Gasteiger partial charge in [0.2, 0.25) is 6.10 Å². The quantitative estimate of drug-likeness (QED) is 0.700. The fourth-order valence-corrected chi connectivity index (χ4v) is 3.56. The van der Waals surface area contributed by atoms with E-state index in [1.807, 2.05) is 55.1 Å². The fraction of sp³-hybridized carbons (Fsp3) is 0.333. The Hall–Kier alpha value is -3.62. The molecule has 1 amide bonds. The molecule has 0 aliphatic carbocycles. The van der Waals surface area contributed by atoms with E-state index in [1.54, 1.807) is 18.7 Å². The Kier molecular flexibility index (Phi) is 5.03. The van der Waals surface area contributed by atoms with Gasteiger partial charge in [-0.3, -0.25) is 19.0 Å². The minimum atomic E-state index is -0.798. The highest BCUT2D eigenvalue weighted by molar-refractivity contribution is 6.06. The molecule has 9 heteroatoms. The molecule has 0 unspecified atom stereocenters. The molecule has 0 radical (unpaired) electrons. The summed E-state index contributed by atoms with van der Waals surface area (Å²) >= 11 is 0. The number of para-hydroxylation sites is 1. The van der Waals surface area contributed by atoms with Gasteiger partial charge in [0.15, 0.2) is 0 Å². The van der Waals surface area contributed by atoms with Gasteiger partial charge in [-0.2, -0.15) is 5.10 Å². The Morgan fingerprint density at radius 3 is 2.67 bits per heavy atom. The summed E-state index contributed by atoms with van der Waals surface area (Å²) in [6, 6.07) is 9.28. The molecule has 1 aliphatic rings. The van der Waals surface area contributed by atoms with E-state index < -0.39 is 12.0 Å². The maximum atomic E-state index is 13.0. The van der Waals surface area contributed by atoms with Crippen molar-refractivity contribution in [2.75, 3.05) is 5.32 Å². The van der Waals surface area contributed by atoms with Crippen molar-refractivity contribution in [1.29, 1.82) is 0 Å². The van der Waals surface area contributed by atoms with E-state index in [4.69, 9.17) is 4.84 Å². The molecule has 1 N–H and O–H groups in total. The highest BCUT2D eigenvalue weighted by Crippen LogP contribution is 2.21. The molecular formula is C21H24N6O3. The number of hydrogen-bond acceptors (Lipinski definition) is 5. The fourth-order valence-electron chi connectivity index (χ4n) is 3.56. The first-order valence-corrected chi connectivity index (χ1v) is 9.82. The zero-order valence-corrected chi connectivity index (χ0v) is 17.4. The van der Waals surface area contributed by atoms with Crippen molar-refractivity contribution >= 4 is 17.3 Å². The summed E-state index contributed by atoms with van der Waals surface area (Å²) in [4.78, 5) is 31.2. The molecule has 3 heterocycles. The number of benzene rings is 1. The largest absolute Gasteiger partial charge is 0.382 e. The SMILES string of the molecule is CCn1cc(C2=NO[C@@H](C(=O)Nc3c(C)n(C)n(-c4ccccc4)c3=O)C2)c(C)n1. The van der Waals surface area contributed by atoms with E-state index in [1.165, 1.54) is 4.68 Å². The number of anilines is 1. The molecule has 0 saturated carbocycles. The zero-order valence-electron chi connectivity index (χ0n) is 17.4. The average Bonchev–Trinajstić information content (AvgIpc) is 3.42. The van der Waals surface area contributed by atoms with Crippen molar-refractivity contribution in [1.82, 2.24) is 19.1 Å². The number of hydrogen-bond donors (Lipinski definition) is 1. The number of carbonyl (C=O) groups is 1. The maximum Gasteiger partial charge on any atom is 0.295 e. The van der Waals surface area contributed by atoms with Crippen molar-refractivity contribution in [3.05, 3.63) is 63.8 Å². The van der Waals surface area contributed by atoms with Crippen molar-refractivity contribution in [2.24, 2.45) is 12.2 Å². The summed E-state index contributed by atoms with van der Waals surface area (Å²) in [6.45, 7) is 6.44. The monoisotopic (exact) mass is 408 g/mol. The smallest absolute Gasteiger partial charge is 0.295 e. The Balaban J connectivity index is 1.53. The summed E-state index contributed by atoms with van der Waals surface area (Å²) < 4.78 is 5.05. The normalized spacial score (nSPS) is 15.7. The van der Waals surface area contributed by atoms with Crippen LogP contribution < -0.4 is 10.9 Å². The van der Waals surface area contributed by atoms with Gasteiger partial charge in [-0.15, -0.1) is 0 Å². The predicted molar refractivity (Wildman–Crippen MR) is 113 cm³/mol. The first kappa shape index (κ1) is 19.7. The van der Waals surface area contributed by atoms with Gasteiger partial charge in [0.25, 0.3) is 11.5 Å². The Labute approximate surface area is 173 Å². The molecular weight excluding hydrogens is 384 g/mol. The van der Waals surface area contributed by atoms with Crippen molar-refractivity contribution < 1.29 is 9.63 Å². The van der Waals surface area contributed by atoms with E-state index in [0.29, 0.717) is 17.8 Å². The van der Waals surface area contributed by atoms with Gasteiger partial charge in [-0.25, -0.2) is 4.68 Å². The van der Waals surface area contributed by atoms with Crippen LogP contribution in [0, 0.1) is 13.8 Å². The highest BCUT2D eigenvalue weighted by atomic mass is 16.6. The summed E-state index contributed by atoms with van der Waals surface area (Å²) in [5.74, 6) is -0.403. The second-order valence-corrected chi connectivity index (χ2v) is 7.25. The number of nitrogens with one attached hydrogen (secondary N) is 1. The second-order valence-electron chi connectivity index (χ2n) is 7.25. The third-order valence-corrected chi connectivity index (χ3v) is 5.34. The standard InChI is InChI=1S/C21H24N6O3/c1-5-26-12-16(13(2)23-26)17-11-18(30-24-17)20(28)22-19-14(3)25(4)27(21(19)29)15-9-7-6-8-10-15/h6-10,12,18H,5,11H2,1-4H3,(H,22,28)/t18-/m1/s1. The third-order valence-electron chi connectivity index (χ3n) is 5.34. The third kappa shape index (κ3) is 3.32. The molecule has 30 heavy (non-hydrogen) atoms. The highest BCUT2D eigenvalue weighted by Gasteiger charge is 2.32. The van der Waals surface area contributed by atoms with E-state index in [0.717, 1.165) is 23.5 Å². The van der Waals surface area contributed by atoms with Crippen LogP contribution in [0.5, 0.6) is 0 Å². The number of nitrogens with zero attached hydrogens (tertiary/aromatic N) is 5. The molecule has 156 valence electrons.